The maximum Gasteiger partial charge on any atom is 0.268 e. The molecule has 0 aliphatic rings. The van der Waals surface area contributed by atoms with E-state index in [0.29, 0.717) is 44.7 Å². The average Bonchev–Trinajstić information content (AvgIpc) is 4.03. The smallest absolute Gasteiger partial charge is 0.268 e. The van der Waals surface area contributed by atoms with E-state index in [2.05, 4.69) is 96.9 Å². The summed E-state index contributed by atoms with van der Waals surface area (Å²) in [4.78, 5) is 4.97. The number of benzene rings is 9. The predicted octanol–water partition coefficient (Wildman–Crippen LogP) is 15.4. The maximum absolute atomic E-state index is 9.16. The average molecular weight is 1100 g/mol. The zero-order valence-electron chi connectivity index (χ0n) is 47.5. The Labute approximate surface area is 438 Å². The fraction of sp³-hybridized carbons (Fsp3) is 0.0625. The molecule has 0 fully saturated rings. The van der Waals surface area contributed by atoms with Crippen molar-refractivity contribution < 1.29 is 42.4 Å². The van der Waals surface area contributed by atoms with Crippen LogP contribution in [0.2, 0.25) is 0 Å². The summed E-state index contributed by atoms with van der Waals surface area (Å²) in [5.41, 5.74) is 8.69. The number of pyridine rings is 1. The second-order valence-electron chi connectivity index (χ2n) is 18.2. The normalized spacial score (nSPS) is 13.5. The van der Waals surface area contributed by atoms with Crippen LogP contribution < -0.4 is 4.57 Å². The molecule has 0 unspecified atom stereocenters. The van der Waals surface area contributed by atoms with E-state index in [0.717, 1.165) is 49.5 Å². The van der Waals surface area contributed by atoms with Gasteiger partial charge in [-0.15, -0.1) is 18.2 Å². The minimum Gasteiger partial charge on any atom is -0.514 e. The Morgan fingerprint density at radius 1 is 0.535 bits per heavy atom. The number of para-hydroxylation sites is 6. The van der Waals surface area contributed by atoms with Crippen molar-refractivity contribution in [3.05, 3.63) is 242 Å². The molecule has 71 heavy (non-hydrogen) atoms. The Hall–Kier alpha value is -8.31. The van der Waals surface area contributed by atoms with Gasteiger partial charge in [0.15, 0.2) is 0 Å². The molecule has 344 valence electrons. The molecule has 0 aliphatic heterocycles. The SMILES string of the molecule is [2H]c1cc(-c2cccc(-c3c([2H])c([2H])c([2H])c([2H])c3[2H])c2-[n+]2[c-]n(-c3[c-]c(-n4c5[c-]c6c(cc5oc5ccccc5c5ccccc54)c4ccccc4n6-c4cc(C(C)(C)C)ccn4)ccc3)c3ccccc32)c([2H])c([2H])c1[2H].[Pt]. The second-order valence-corrected chi connectivity index (χ2v) is 18.2. The summed E-state index contributed by atoms with van der Waals surface area (Å²) >= 11 is 0. The third-order valence-corrected chi connectivity index (χ3v) is 12.9. The van der Waals surface area contributed by atoms with Crippen LogP contribution in [-0.4, -0.2) is 18.7 Å². The first-order valence-electron chi connectivity index (χ1n) is 27.5. The zero-order chi connectivity index (χ0) is 54.8. The molecule has 0 spiro atoms. The molecule has 9 aromatic carbocycles. The molecule has 6 nitrogen and oxygen atoms in total. The summed E-state index contributed by atoms with van der Waals surface area (Å²) in [5, 5.41) is 3.72. The van der Waals surface area contributed by atoms with Gasteiger partial charge < -0.3 is 18.1 Å². The fourth-order valence-corrected chi connectivity index (χ4v) is 9.68. The molecule has 0 saturated heterocycles. The van der Waals surface area contributed by atoms with E-state index in [9.17, 15) is 0 Å². The fourth-order valence-electron chi connectivity index (χ4n) is 9.68. The quantitative estimate of drug-likeness (QED) is 0.123. The van der Waals surface area contributed by atoms with Crippen LogP contribution in [0.4, 0.5) is 0 Å². The predicted molar refractivity (Wildman–Crippen MR) is 285 cm³/mol. The summed E-state index contributed by atoms with van der Waals surface area (Å²) in [6.45, 7) is 6.56. The van der Waals surface area contributed by atoms with Crippen LogP contribution in [0.3, 0.4) is 0 Å². The molecule has 4 heterocycles. The van der Waals surface area contributed by atoms with Crippen LogP contribution in [0.1, 0.15) is 38.7 Å². The number of hydrogen-bond acceptors (Lipinski definition) is 2. The first-order chi connectivity index (χ1) is 38.1. The number of imidazole rings is 1. The van der Waals surface area contributed by atoms with E-state index in [1.165, 1.54) is 6.07 Å². The van der Waals surface area contributed by atoms with Crippen molar-refractivity contribution in [1.29, 1.82) is 0 Å². The zero-order valence-corrected chi connectivity index (χ0v) is 40.8. The number of rotatable bonds is 6. The Kier molecular flexibility index (Phi) is 8.64. The molecular formula is C64H45N5OPt-2. The molecule has 0 atom stereocenters. The van der Waals surface area contributed by atoms with Crippen molar-refractivity contribution in [3.63, 3.8) is 0 Å². The van der Waals surface area contributed by atoms with Crippen LogP contribution >= 0.6 is 0 Å². The van der Waals surface area contributed by atoms with Gasteiger partial charge in [0, 0.05) is 49.1 Å². The van der Waals surface area contributed by atoms with Gasteiger partial charge in [-0.3, -0.25) is 4.57 Å². The van der Waals surface area contributed by atoms with Crippen LogP contribution in [0.25, 0.3) is 111 Å². The Morgan fingerprint density at radius 3 is 1.96 bits per heavy atom. The monoisotopic (exact) mass is 1100 g/mol. The Balaban J connectivity index is 0.00000637. The third-order valence-electron chi connectivity index (χ3n) is 12.9. The third kappa shape index (κ3) is 7.46. The van der Waals surface area contributed by atoms with Gasteiger partial charge in [0.2, 0.25) is 0 Å². The first kappa shape index (κ1) is 34.9. The molecule has 0 aliphatic carbocycles. The van der Waals surface area contributed by atoms with Crippen molar-refractivity contribution in [2.24, 2.45) is 0 Å². The summed E-state index contributed by atoms with van der Waals surface area (Å²) in [7, 11) is 0. The Bertz CT molecular complexity index is 4770. The number of hydrogen-bond donors (Lipinski definition) is 0. The summed E-state index contributed by atoms with van der Waals surface area (Å²) in [6.07, 6.45) is 5.42. The minimum absolute atomic E-state index is 0. The van der Waals surface area contributed by atoms with Gasteiger partial charge in [0.05, 0.1) is 34.6 Å². The van der Waals surface area contributed by atoms with E-state index in [4.69, 9.17) is 21.7 Å². The molecule has 0 radical (unpaired) electrons. The second kappa shape index (κ2) is 17.6. The van der Waals surface area contributed by atoms with E-state index < -0.39 is 42.3 Å². The van der Waals surface area contributed by atoms with Gasteiger partial charge >= 0.3 is 0 Å². The molecular weight excluding hydrogens is 1050 g/mol. The van der Waals surface area contributed by atoms with Crippen LogP contribution in [-0.2, 0) is 26.5 Å². The van der Waals surface area contributed by atoms with Gasteiger partial charge in [-0.1, -0.05) is 195 Å². The largest absolute Gasteiger partial charge is 0.514 e. The van der Waals surface area contributed by atoms with Crippen molar-refractivity contribution >= 4 is 65.8 Å². The molecule has 13 rings (SSSR count). The molecule has 0 amide bonds. The van der Waals surface area contributed by atoms with E-state index >= 15 is 0 Å². The van der Waals surface area contributed by atoms with E-state index in [1.807, 2.05) is 95.7 Å². The van der Waals surface area contributed by atoms with Gasteiger partial charge in [-0.05, 0) is 80.2 Å². The summed E-state index contributed by atoms with van der Waals surface area (Å²) < 4.78 is 93.9. The van der Waals surface area contributed by atoms with Crippen LogP contribution in [0.15, 0.2) is 223 Å². The van der Waals surface area contributed by atoms with Gasteiger partial charge in [-0.2, -0.15) is 18.2 Å². The number of fused-ring (bicyclic) bond motifs is 8. The van der Waals surface area contributed by atoms with Crippen LogP contribution in [0.5, 0.6) is 0 Å². The molecule has 4 aromatic heterocycles. The molecule has 0 bridgehead atoms. The Morgan fingerprint density at radius 2 is 1.17 bits per heavy atom. The minimum atomic E-state index is -0.548. The van der Waals surface area contributed by atoms with Crippen molar-refractivity contribution in [1.82, 2.24) is 18.7 Å². The molecule has 0 N–H and O–H groups in total. The van der Waals surface area contributed by atoms with Crippen molar-refractivity contribution in [3.8, 4) is 45.1 Å². The standard InChI is InChI=1S/C64H45N5O.Pt/c1-64(2,3)45-36-37-65-62(38-45)69-55-32-14-11-27-51(55)53-40-61-59(41-58(53)69)68(54-31-13-10-26-50(54)52-28-12-17-35-60(52)70-61)47-25-18-24-46(39-47)66-42-67(57-34-16-15-33-56(57)66)63-48(43-20-6-4-7-21-43)29-19-30-49(63)44-22-8-5-9-23-44;/h4-38,40H,1-3H3;/q-2;/i4D,5D,6D,7D,8D,9D,20D,21D,22D;. The van der Waals surface area contributed by atoms with Gasteiger partial charge in [0.25, 0.3) is 6.33 Å². The van der Waals surface area contributed by atoms with Gasteiger partial charge in [0.1, 0.15) is 11.4 Å². The van der Waals surface area contributed by atoms with Crippen molar-refractivity contribution in [2.45, 2.75) is 26.2 Å². The van der Waals surface area contributed by atoms with E-state index in [-0.39, 0.29) is 60.9 Å². The maximum atomic E-state index is 9.16. The molecule has 7 heteroatoms. The van der Waals surface area contributed by atoms with E-state index in [1.54, 1.807) is 22.8 Å². The molecule has 0 saturated carbocycles. The number of nitrogens with zero attached hydrogens (tertiary/aromatic N) is 5. The topological polar surface area (TPSA) is 44.7 Å². The molecule has 13 aromatic rings. The van der Waals surface area contributed by atoms with Gasteiger partial charge in [-0.25, -0.2) is 4.98 Å². The number of aromatic nitrogens is 5. The van der Waals surface area contributed by atoms with Crippen LogP contribution in [0, 0.1) is 18.5 Å². The summed E-state index contributed by atoms with van der Waals surface area (Å²) in [5.74, 6) is 0.750. The van der Waals surface area contributed by atoms with Crippen molar-refractivity contribution in [2.75, 3.05) is 0 Å². The summed E-state index contributed by atoms with van der Waals surface area (Å²) in [6, 6.07) is 54.2. The first-order valence-corrected chi connectivity index (χ1v) is 23.0.